The van der Waals surface area contributed by atoms with Crippen molar-refractivity contribution in [2.24, 2.45) is 0 Å². The zero-order valence-electron chi connectivity index (χ0n) is 17.8. The number of halogens is 1. The van der Waals surface area contributed by atoms with E-state index in [0.717, 1.165) is 11.0 Å². The molecule has 1 atom stereocenters. The molecule has 32 heavy (non-hydrogen) atoms. The molecular weight excluding hydrogens is 413 g/mol. The molecule has 0 saturated carbocycles. The second kappa shape index (κ2) is 10.5. The van der Waals surface area contributed by atoms with E-state index < -0.39 is 24.6 Å². The minimum Gasteiger partial charge on any atom is -0.478 e. The summed E-state index contributed by atoms with van der Waals surface area (Å²) in [6.45, 7) is 2.13. The fourth-order valence-corrected chi connectivity index (χ4v) is 3.65. The number of carboxylic acids is 1. The maximum absolute atomic E-state index is 13.0. The highest BCUT2D eigenvalue weighted by Gasteiger charge is 2.24. The number of aryl methyl sites for hydroxylation is 1. The second-order valence-electron chi connectivity index (χ2n) is 7.26. The van der Waals surface area contributed by atoms with Crippen molar-refractivity contribution in [1.29, 1.82) is 5.41 Å². The van der Waals surface area contributed by atoms with Crippen molar-refractivity contribution >= 4 is 28.7 Å². The fraction of sp³-hybridized carbons (Fsp3) is 0.304. The minimum atomic E-state index is -1.18. The molecule has 0 saturated heterocycles. The van der Waals surface area contributed by atoms with Crippen LogP contribution in [0.4, 0.5) is 4.39 Å². The van der Waals surface area contributed by atoms with Crippen molar-refractivity contribution < 1.29 is 19.1 Å². The quantitative estimate of drug-likeness (QED) is 0.219. The number of aromatic nitrogens is 2. The Morgan fingerprint density at radius 1 is 1.16 bits per heavy atom. The Morgan fingerprint density at radius 3 is 2.53 bits per heavy atom. The normalized spacial score (nSPS) is 11.8. The molecule has 0 spiro atoms. The van der Waals surface area contributed by atoms with Gasteiger partial charge in [-0.15, -0.1) is 0 Å². The first-order valence-corrected chi connectivity index (χ1v) is 10.4. The molecule has 0 bridgehead atoms. The maximum atomic E-state index is 13.0. The number of hydrogen-bond acceptors (Lipinski definition) is 4. The number of nitrogens with one attached hydrogen (secondary N) is 3. The van der Waals surface area contributed by atoms with Crippen LogP contribution in [0.3, 0.4) is 0 Å². The molecule has 2 aromatic carbocycles. The molecule has 9 heteroatoms. The summed E-state index contributed by atoms with van der Waals surface area (Å²) >= 11 is 0. The second-order valence-corrected chi connectivity index (χ2v) is 7.26. The van der Waals surface area contributed by atoms with Crippen LogP contribution in [0.5, 0.6) is 0 Å². The van der Waals surface area contributed by atoms with Gasteiger partial charge in [0, 0.05) is 13.1 Å². The maximum Gasteiger partial charge on any atom is 0.336 e. The molecule has 0 aliphatic heterocycles. The van der Waals surface area contributed by atoms with Crippen LogP contribution in [0.15, 0.2) is 48.5 Å². The Hall–Kier alpha value is -3.75. The molecule has 1 amide bonds. The summed E-state index contributed by atoms with van der Waals surface area (Å²) in [5.74, 6) is -1.22. The van der Waals surface area contributed by atoms with Crippen molar-refractivity contribution in [3.8, 4) is 0 Å². The van der Waals surface area contributed by atoms with E-state index in [4.69, 9.17) is 10.4 Å². The number of alkyl halides is 1. The predicted octanol–water partition coefficient (Wildman–Crippen LogP) is 3.54. The molecule has 168 valence electrons. The number of para-hydroxylation sites is 2. The molecule has 3 aromatic rings. The van der Waals surface area contributed by atoms with Crippen LogP contribution in [-0.4, -0.2) is 45.6 Å². The van der Waals surface area contributed by atoms with Gasteiger partial charge >= 0.3 is 5.97 Å². The van der Waals surface area contributed by atoms with E-state index in [0.29, 0.717) is 31.8 Å². The number of nitrogens with zero attached hydrogens (tertiary/aromatic N) is 2. The molecule has 0 unspecified atom stereocenters. The summed E-state index contributed by atoms with van der Waals surface area (Å²) in [5, 5.41) is 22.5. The summed E-state index contributed by atoms with van der Waals surface area (Å²) in [6, 6.07) is 13.2. The summed E-state index contributed by atoms with van der Waals surface area (Å²) in [5.41, 5.74) is 1.73. The van der Waals surface area contributed by atoms with E-state index in [1.807, 2.05) is 35.8 Å². The van der Waals surface area contributed by atoms with Crippen LogP contribution in [0.2, 0.25) is 0 Å². The van der Waals surface area contributed by atoms with Crippen LogP contribution in [0, 0.1) is 5.41 Å². The van der Waals surface area contributed by atoms with E-state index >= 15 is 0 Å². The highest BCUT2D eigenvalue weighted by Crippen LogP contribution is 2.24. The van der Waals surface area contributed by atoms with Crippen LogP contribution in [0.25, 0.3) is 11.0 Å². The predicted molar refractivity (Wildman–Crippen MR) is 120 cm³/mol. The van der Waals surface area contributed by atoms with Crippen LogP contribution in [0.1, 0.15) is 52.3 Å². The standard InChI is InChI=1S/C23H26FN5O3/c1-2-29-19-12-6-5-10-17(19)27-21(29)18(11-7-13-26-20(25)14-24)28-22(30)15-8-3-4-9-16(15)23(31)32/h3-6,8-10,12,18H,2,7,11,13-14H2,1H3,(H2,25,26)(H,28,30)(H,31,32)/t18-/m0/s1. The molecule has 0 fully saturated rings. The highest BCUT2D eigenvalue weighted by molar-refractivity contribution is 6.04. The van der Waals surface area contributed by atoms with Crippen LogP contribution >= 0.6 is 0 Å². The summed E-state index contributed by atoms with van der Waals surface area (Å²) in [7, 11) is 0. The van der Waals surface area contributed by atoms with Gasteiger partial charge in [-0.05, 0) is 44.0 Å². The molecule has 4 N–H and O–H groups in total. The van der Waals surface area contributed by atoms with E-state index in [-0.39, 0.29) is 17.0 Å². The molecule has 0 aliphatic carbocycles. The number of hydrogen-bond donors (Lipinski definition) is 4. The van der Waals surface area contributed by atoms with Crippen molar-refractivity contribution in [3.63, 3.8) is 0 Å². The van der Waals surface area contributed by atoms with Crippen LogP contribution < -0.4 is 10.6 Å². The minimum absolute atomic E-state index is 0.0708. The summed E-state index contributed by atoms with van der Waals surface area (Å²) in [6.07, 6.45) is 1.01. The van der Waals surface area contributed by atoms with Gasteiger partial charge in [-0.2, -0.15) is 0 Å². The Kier molecular flexibility index (Phi) is 7.54. The summed E-state index contributed by atoms with van der Waals surface area (Å²) in [4.78, 5) is 29.3. The highest BCUT2D eigenvalue weighted by atomic mass is 19.1. The number of rotatable bonds is 10. The van der Waals surface area contributed by atoms with Gasteiger partial charge in [-0.25, -0.2) is 14.2 Å². The topological polar surface area (TPSA) is 120 Å². The first kappa shape index (κ1) is 22.9. The van der Waals surface area contributed by atoms with E-state index in [2.05, 4.69) is 10.6 Å². The lowest BCUT2D eigenvalue weighted by Gasteiger charge is -2.20. The Labute approximate surface area is 185 Å². The molecule has 1 aromatic heterocycles. The number of benzene rings is 2. The van der Waals surface area contributed by atoms with Crippen molar-refractivity contribution in [2.75, 3.05) is 13.2 Å². The van der Waals surface area contributed by atoms with Crippen molar-refractivity contribution in [2.45, 2.75) is 32.4 Å². The van der Waals surface area contributed by atoms with Gasteiger partial charge in [0.2, 0.25) is 0 Å². The molecule has 0 aliphatic rings. The lowest BCUT2D eigenvalue weighted by Crippen LogP contribution is -2.33. The van der Waals surface area contributed by atoms with Gasteiger partial charge in [0.25, 0.3) is 5.91 Å². The number of carbonyl (C=O) groups excluding carboxylic acids is 1. The number of imidazole rings is 1. The van der Waals surface area contributed by atoms with Gasteiger partial charge in [-0.1, -0.05) is 24.3 Å². The Morgan fingerprint density at radius 2 is 1.84 bits per heavy atom. The lowest BCUT2D eigenvalue weighted by atomic mass is 10.1. The number of fused-ring (bicyclic) bond motifs is 1. The monoisotopic (exact) mass is 439 g/mol. The van der Waals surface area contributed by atoms with Crippen LogP contribution in [-0.2, 0) is 6.54 Å². The average Bonchev–Trinajstić information content (AvgIpc) is 3.19. The summed E-state index contributed by atoms with van der Waals surface area (Å²) < 4.78 is 14.5. The molecule has 8 nitrogen and oxygen atoms in total. The van der Waals surface area contributed by atoms with E-state index in [1.165, 1.54) is 12.1 Å². The molecular formula is C23H26FN5O3. The molecule has 0 radical (unpaired) electrons. The van der Waals surface area contributed by atoms with E-state index in [9.17, 15) is 19.1 Å². The number of carboxylic acid groups (broad SMARTS) is 1. The third-order valence-electron chi connectivity index (χ3n) is 5.16. The number of amides is 1. The van der Waals surface area contributed by atoms with Gasteiger partial charge in [-0.3, -0.25) is 10.2 Å². The number of amidine groups is 1. The first-order valence-electron chi connectivity index (χ1n) is 10.4. The Bertz CT molecular complexity index is 1130. The third-order valence-corrected chi connectivity index (χ3v) is 5.16. The third kappa shape index (κ3) is 5.11. The SMILES string of the molecule is CCn1c([C@H](CCCNC(=N)CF)NC(=O)c2ccccc2C(=O)O)nc2ccccc21. The van der Waals surface area contributed by atoms with Crippen molar-refractivity contribution in [1.82, 2.24) is 20.2 Å². The number of carbonyl (C=O) groups is 2. The zero-order valence-corrected chi connectivity index (χ0v) is 17.8. The zero-order chi connectivity index (χ0) is 23.1. The largest absolute Gasteiger partial charge is 0.478 e. The van der Waals surface area contributed by atoms with Gasteiger partial charge in [0.15, 0.2) is 0 Å². The van der Waals surface area contributed by atoms with Gasteiger partial charge in [0.1, 0.15) is 18.3 Å². The van der Waals surface area contributed by atoms with Gasteiger partial charge < -0.3 is 20.3 Å². The van der Waals surface area contributed by atoms with E-state index in [1.54, 1.807) is 12.1 Å². The van der Waals surface area contributed by atoms with Gasteiger partial charge in [0.05, 0.1) is 28.2 Å². The molecule has 3 rings (SSSR count). The lowest BCUT2D eigenvalue weighted by molar-refractivity contribution is 0.0690. The smallest absolute Gasteiger partial charge is 0.336 e. The molecule has 1 heterocycles. The first-order chi connectivity index (χ1) is 15.5. The Balaban J connectivity index is 1.90. The number of aromatic carboxylic acids is 1. The van der Waals surface area contributed by atoms with Crippen molar-refractivity contribution in [3.05, 3.63) is 65.5 Å². The average molecular weight is 439 g/mol. The fourth-order valence-electron chi connectivity index (χ4n) is 3.65.